The van der Waals surface area contributed by atoms with E-state index in [4.69, 9.17) is 0 Å². The first kappa shape index (κ1) is 16.7. The number of nitrogens with one attached hydrogen (secondary N) is 3. The van der Waals surface area contributed by atoms with Crippen molar-refractivity contribution in [1.29, 1.82) is 0 Å². The molecule has 0 aliphatic heterocycles. The number of fused-ring (bicyclic) bond motifs is 1. The average Bonchev–Trinajstić information content (AvgIpc) is 3.09. The summed E-state index contributed by atoms with van der Waals surface area (Å²) in [5.41, 5.74) is 3.52. The van der Waals surface area contributed by atoms with Gasteiger partial charge in [-0.25, -0.2) is 0 Å². The molecule has 6 nitrogen and oxygen atoms in total. The number of rotatable bonds is 4. The molecule has 0 spiro atoms. The number of H-pyrrole nitrogens is 1. The van der Waals surface area contributed by atoms with Crippen molar-refractivity contribution in [3.05, 3.63) is 59.8 Å². The van der Waals surface area contributed by atoms with E-state index in [9.17, 15) is 9.59 Å². The Morgan fingerprint density at radius 1 is 1.12 bits per heavy atom. The van der Waals surface area contributed by atoms with Gasteiger partial charge < -0.3 is 10.6 Å². The fraction of sp³-hybridized carbons (Fsp3) is 0.211. The van der Waals surface area contributed by atoms with E-state index in [1.54, 1.807) is 18.3 Å². The van der Waals surface area contributed by atoms with Gasteiger partial charge in [0.05, 0.1) is 17.8 Å². The molecule has 0 radical (unpaired) electrons. The second-order valence-corrected chi connectivity index (χ2v) is 5.92. The number of benzene rings is 2. The van der Waals surface area contributed by atoms with Gasteiger partial charge in [-0.3, -0.25) is 14.7 Å². The van der Waals surface area contributed by atoms with Gasteiger partial charge in [-0.05, 0) is 42.7 Å². The highest BCUT2D eigenvalue weighted by molar-refractivity contribution is 6.39. The van der Waals surface area contributed by atoms with Gasteiger partial charge >= 0.3 is 11.8 Å². The second kappa shape index (κ2) is 7.17. The van der Waals surface area contributed by atoms with Crippen molar-refractivity contribution in [1.82, 2.24) is 15.5 Å². The molecular formula is C19H20N4O2. The second-order valence-electron chi connectivity index (χ2n) is 5.92. The summed E-state index contributed by atoms with van der Waals surface area (Å²) in [4.78, 5) is 24.2. The lowest BCUT2D eigenvalue weighted by molar-refractivity contribution is -0.136. The number of carbonyl (C=O) groups is 2. The minimum Gasteiger partial charge on any atom is -0.341 e. The van der Waals surface area contributed by atoms with Crippen molar-refractivity contribution < 1.29 is 9.59 Å². The van der Waals surface area contributed by atoms with Crippen LogP contribution >= 0.6 is 0 Å². The van der Waals surface area contributed by atoms with E-state index in [0.717, 1.165) is 22.9 Å². The number of aromatic nitrogens is 2. The van der Waals surface area contributed by atoms with Gasteiger partial charge in [-0.1, -0.05) is 31.2 Å². The number of nitrogens with zero attached hydrogens (tertiary/aromatic N) is 1. The van der Waals surface area contributed by atoms with Crippen LogP contribution in [0.5, 0.6) is 0 Å². The van der Waals surface area contributed by atoms with Gasteiger partial charge in [0.2, 0.25) is 0 Å². The molecule has 3 rings (SSSR count). The average molecular weight is 336 g/mol. The molecule has 1 aromatic heterocycles. The van der Waals surface area contributed by atoms with Gasteiger partial charge in [-0.2, -0.15) is 5.10 Å². The van der Waals surface area contributed by atoms with Gasteiger partial charge in [0.1, 0.15) is 0 Å². The van der Waals surface area contributed by atoms with E-state index in [1.165, 1.54) is 5.56 Å². The molecule has 1 heterocycles. The van der Waals surface area contributed by atoms with Crippen molar-refractivity contribution in [2.75, 3.05) is 5.32 Å². The Hall–Kier alpha value is -3.15. The van der Waals surface area contributed by atoms with Crippen LogP contribution in [0.25, 0.3) is 10.9 Å². The van der Waals surface area contributed by atoms with Crippen LogP contribution in [0.3, 0.4) is 0 Å². The van der Waals surface area contributed by atoms with Crippen LogP contribution in [0.4, 0.5) is 5.69 Å². The van der Waals surface area contributed by atoms with E-state index in [0.29, 0.717) is 5.69 Å². The molecule has 0 fully saturated rings. The normalized spacial score (nSPS) is 11.9. The summed E-state index contributed by atoms with van der Waals surface area (Å²) in [6.07, 6.45) is 2.66. The molecule has 2 aromatic carbocycles. The predicted octanol–water partition coefficient (Wildman–Crippen LogP) is 2.94. The molecule has 0 bridgehead atoms. The highest BCUT2D eigenvalue weighted by Crippen LogP contribution is 2.17. The third kappa shape index (κ3) is 3.85. The summed E-state index contributed by atoms with van der Waals surface area (Å²) >= 11 is 0. The molecule has 2 amide bonds. The highest BCUT2D eigenvalue weighted by atomic mass is 16.2. The van der Waals surface area contributed by atoms with E-state index < -0.39 is 11.8 Å². The lowest BCUT2D eigenvalue weighted by Crippen LogP contribution is -2.36. The van der Waals surface area contributed by atoms with E-state index >= 15 is 0 Å². The van der Waals surface area contributed by atoms with Crippen molar-refractivity contribution in [3.63, 3.8) is 0 Å². The number of hydrogen-bond donors (Lipinski definition) is 3. The molecule has 0 aliphatic rings. The van der Waals surface area contributed by atoms with E-state index in [-0.39, 0.29) is 6.04 Å². The zero-order valence-corrected chi connectivity index (χ0v) is 14.2. The number of amides is 2. The minimum absolute atomic E-state index is 0.251. The molecule has 3 aromatic rings. The third-order valence-electron chi connectivity index (χ3n) is 4.14. The Bertz CT molecular complexity index is 899. The number of aryl methyl sites for hydroxylation is 1. The van der Waals surface area contributed by atoms with Gasteiger partial charge in [0.25, 0.3) is 0 Å². The molecule has 25 heavy (non-hydrogen) atoms. The fourth-order valence-corrected chi connectivity index (χ4v) is 2.59. The van der Waals surface area contributed by atoms with Crippen molar-refractivity contribution in [2.24, 2.45) is 0 Å². The monoisotopic (exact) mass is 336 g/mol. The van der Waals surface area contributed by atoms with Crippen LogP contribution in [0.15, 0.2) is 48.7 Å². The molecule has 0 aliphatic carbocycles. The number of carbonyl (C=O) groups excluding carboxylic acids is 2. The smallest absolute Gasteiger partial charge is 0.313 e. The number of aromatic amines is 1. The van der Waals surface area contributed by atoms with Crippen LogP contribution in [-0.2, 0) is 16.0 Å². The molecule has 6 heteroatoms. The lowest BCUT2D eigenvalue weighted by atomic mass is 10.1. The van der Waals surface area contributed by atoms with Crippen molar-refractivity contribution in [2.45, 2.75) is 26.3 Å². The quantitative estimate of drug-likeness (QED) is 0.640. The van der Waals surface area contributed by atoms with Crippen molar-refractivity contribution >= 4 is 28.4 Å². The maximum atomic E-state index is 12.1. The summed E-state index contributed by atoms with van der Waals surface area (Å²) in [6, 6.07) is 13.0. The maximum Gasteiger partial charge on any atom is 0.313 e. The lowest BCUT2D eigenvalue weighted by Gasteiger charge is -2.14. The summed E-state index contributed by atoms with van der Waals surface area (Å²) in [6.45, 7) is 3.94. The minimum atomic E-state index is -0.698. The molecular weight excluding hydrogens is 316 g/mol. The topological polar surface area (TPSA) is 86.9 Å². The van der Waals surface area contributed by atoms with Crippen LogP contribution in [0.1, 0.15) is 31.0 Å². The first-order valence-electron chi connectivity index (χ1n) is 8.20. The van der Waals surface area contributed by atoms with Crippen LogP contribution in [0.2, 0.25) is 0 Å². The van der Waals surface area contributed by atoms with Gasteiger partial charge in [-0.15, -0.1) is 0 Å². The number of anilines is 1. The van der Waals surface area contributed by atoms with Crippen LogP contribution in [0, 0.1) is 0 Å². The van der Waals surface area contributed by atoms with E-state index in [2.05, 4.69) is 27.8 Å². The van der Waals surface area contributed by atoms with Gasteiger partial charge in [0.15, 0.2) is 0 Å². The predicted molar refractivity (Wildman–Crippen MR) is 97.1 cm³/mol. The van der Waals surface area contributed by atoms with E-state index in [1.807, 2.05) is 37.3 Å². The summed E-state index contributed by atoms with van der Waals surface area (Å²) in [5.74, 6) is -1.37. The Balaban J connectivity index is 1.62. The third-order valence-corrected chi connectivity index (χ3v) is 4.14. The van der Waals surface area contributed by atoms with Crippen LogP contribution < -0.4 is 10.6 Å². The molecule has 0 saturated carbocycles. The largest absolute Gasteiger partial charge is 0.341 e. The summed E-state index contributed by atoms with van der Waals surface area (Å²) < 4.78 is 0. The first-order chi connectivity index (χ1) is 12.1. The first-order valence-corrected chi connectivity index (χ1v) is 8.20. The molecule has 0 saturated heterocycles. The molecule has 3 N–H and O–H groups in total. The summed E-state index contributed by atoms with van der Waals surface area (Å²) in [7, 11) is 0. The fourth-order valence-electron chi connectivity index (χ4n) is 2.59. The SMILES string of the molecule is CCc1ccc(C(C)NC(=O)C(=O)Nc2ccc3cn[nH]c3c2)cc1. The Morgan fingerprint density at radius 2 is 1.88 bits per heavy atom. The summed E-state index contributed by atoms with van der Waals surface area (Å²) in [5, 5.41) is 13.0. The van der Waals surface area contributed by atoms with Gasteiger partial charge in [0, 0.05) is 11.1 Å². The Labute approximate surface area is 145 Å². The zero-order chi connectivity index (χ0) is 17.8. The maximum absolute atomic E-state index is 12.1. The standard InChI is InChI=1S/C19H20N4O2/c1-3-13-4-6-14(7-5-13)12(2)21-18(24)19(25)22-16-9-8-15-11-20-23-17(15)10-16/h4-12H,3H2,1-2H3,(H,20,23)(H,21,24)(H,22,25). The zero-order valence-electron chi connectivity index (χ0n) is 14.2. The van der Waals surface area contributed by atoms with Crippen molar-refractivity contribution in [3.8, 4) is 0 Å². The Morgan fingerprint density at radius 3 is 2.60 bits per heavy atom. The van der Waals surface area contributed by atoms with Crippen LogP contribution in [-0.4, -0.2) is 22.0 Å². The molecule has 1 atom stereocenters. The molecule has 128 valence electrons. The Kier molecular flexibility index (Phi) is 4.79. The highest BCUT2D eigenvalue weighted by Gasteiger charge is 2.17. The molecule has 1 unspecified atom stereocenters. The number of hydrogen-bond acceptors (Lipinski definition) is 3.